The van der Waals surface area contributed by atoms with Gasteiger partial charge in [-0.15, -0.1) is 0 Å². The Bertz CT molecular complexity index is 6830. The second kappa shape index (κ2) is 20.7. The predicted octanol–water partition coefficient (Wildman–Crippen LogP) is 25.6. The summed E-state index contributed by atoms with van der Waals surface area (Å²) in [6.45, 7) is 0. The van der Waals surface area contributed by atoms with Crippen LogP contribution in [0.3, 0.4) is 0 Å². The molecule has 0 amide bonds. The molecule has 0 unspecified atom stereocenters. The molecule has 4 aromatic heterocycles. The van der Waals surface area contributed by atoms with Gasteiger partial charge in [0.15, 0.2) is 0 Å². The van der Waals surface area contributed by atoms with E-state index >= 15 is 0 Å². The highest BCUT2D eigenvalue weighted by atomic mass is 32.2. The van der Waals surface area contributed by atoms with Gasteiger partial charge in [0.25, 0.3) is 0 Å². The molecule has 4 nitrogen and oxygen atoms in total. The van der Waals surface area contributed by atoms with Gasteiger partial charge >= 0.3 is 0 Å². The molecule has 0 N–H and O–H groups in total. The first-order valence-corrected chi connectivity index (χ1v) is 35.3. The number of hydrogen-bond acceptors (Lipinski definition) is 2. The van der Waals surface area contributed by atoms with E-state index in [4.69, 9.17) is 0 Å². The van der Waals surface area contributed by atoms with Crippen LogP contribution in [0, 0.1) is 0 Å². The van der Waals surface area contributed by atoms with E-state index in [0.717, 1.165) is 22.7 Å². The van der Waals surface area contributed by atoms with Crippen LogP contribution in [-0.2, 0) is 0 Å². The molecule has 0 radical (unpaired) electrons. The Morgan fingerprint density at radius 2 is 0.531 bits per heavy atom. The molecule has 6 heteroatoms. The lowest BCUT2D eigenvalue weighted by Gasteiger charge is -2.22. The lowest BCUT2D eigenvalue weighted by atomic mass is 9.92. The van der Waals surface area contributed by atoms with Crippen LogP contribution in [0.5, 0.6) is 0 Å². The summed E-state index contributed by atoms with van der Waals surface area (Å²) in [5.74, 6) is 0. The molecule has 0 spiro atoms. The molecular weight excluding hydrogens is 1230 g/mol. The van der Waals surface area contributed by atoms with Gasteiger partial charge < -0.3 is 18.3 Å². The fourth-order valence-corrected chi connectivity index (χ4v) is 19.1. The summed E-state index contributed by atoms with van der Waals surface area (Å²) >= 11 is 3.77. The van der Waals surface area contributed by atoms with Crippen molar-refractivity contribution in [2.24, 2.45) is 0 Å². The first kappa shape index (κ1) is 54.2. The van der Waals surface area contributed by atoms with Crippen LogP contribution in [0.4, 0.5) is 0 Å². The molecule has 0 fully saturated rings. The third-order valence-corrected chi connectivity index (χ3v) is 23.4. The van der Waals surface area contributed by atoms with Gasteiger partial charge in [-0.25, -0.2) is 0 Å². The Balaban J connectivity index is 0.647. The Hall–Kier alpha value is -12.1. The fourth-order valence-electron chi connectivity index (χ4n) is 16.8. The van der Waals surface area contributed by atoms with E-state index in [1.54, 1.807) is 0 Å². The number of aromatic nitrogens is 4. The van der Waals surface area contributed by atoms with Gasteiger partial charge in [-0.3, -0.25) is 0 Å². The molecule has 20 aromatic rings. The third kappa shape index (κ3) is 7.81. The average molecular weight is 1280 g/mol. The second-order valence-electron chi connectivity index (χ2n) is 26.3. The maximum absolute atomic E-state index is 2.51. The first-order valence-electron chi connectivity index (χ1n) is 33.6. The van der Waals surface area contributed by atoms with Gasteiger partial charge in [0.1, 0.15) is 0 Å². The molecule has 0 saturated heterocycles. The van der Waals surface area contributed by atoms with Crippen molar-refractivity contribution < 1.29 is 0 Å². The minimum absolute atomic E-state index is 1.13. The van der Waals surface area contributed by atoms with Crippen LogP contribution in [-0.4, -0.2) is 18.3 Å². The smallest absolute Gasteiger partial charge is 0.0553 e. The van der Waals surface area contributed by atoms with Gasteiger partial charge in [-0.1, -0.05) is 218 Å². The van der Waals surface area contributed by atoms with Crippen molar-refractivity contribution in [1.82, 2.24) is 18.3 Å². The van der Waals surface area contributed by atoms with Crippen molar-refractivity contribution in [3.05, 3.63) is 328 Å². The van der Waals surface area contributed by atoms with Crippen LogP contribution in [0.1, 0.15) is 0 Å². The van der Waals surface area contributed by atoms with Crippen LogP contribution < -0.4 is 0 Å². The zero-order valence-electron chi connectivity index (χ0n) is 52.8. The number of hydrogen-bond donors (Lipinski definition) is 0. The normalized spacial score (nSPS) is 12.6. The number of nitrogens with zero attached hydrogens (tertiary/aromatic N) is 4. The Kier molecular flexibility index (Phi) is 11.5. The standard InChI is InChI=1S/C92H54N4S2/c1-4-18-61(19-5-1)94-77-29-13-10-24-65(77)67-43-36-59(50-80(67)94)60-38-45-70-82(52-60)96(63-22-8-3-9-23-63)84-54-76-74-49-56(40-47-86(74)98-88-33-17-28-72(90(70)84)92(76)88)55-34-41-64(42-35-55)93-78-30-14-11-25-66(78)73-48-57(39-46-79(73)93)58-37-44-69-81(51-58)95(62-20-6-2-7-21-62)83-53-75-68-26-12-15-31-85(68)97-87-32-16-27-71(89(69)83)91(75)87/h1-54H. The number of para-hydroxylation sites is 5. The average Bonchev–Trinajstić information content (AvgIpc) is 1.47. The summed E-state index contributed by atoms with van der Waals surface area (Å²) in [5, 5.41) is 15.3. The number of benzene rings is 16. The van der Waals surface area contributed by atoms with Crippen LogP contribution >= 0.6 is 23.5 Å². The minimum atomic E-state index is 1.13. The van der Waals surface area contributed by atoms with Crippen LogP contribution in [0.15, 0.2) is 347 Å². The molecule has 2 aliphatic heterocycles. The quantitative estimate of drug-likeness (QED) is 0.158. The zero-order valence-corrected chi connectivity index (χ0v) is 54.4. The molecule has 22 rings (SSSR count). The van der Waals surface area contributed by atoms with Gasteiger partial charge in [-0.2, -0.15) is 0 Å². The first-order chi connectivity index (χ1) is 48.6. The lowest BCUT2D eigenvalue weighted by molar-refractivity contribution is 1.18. The SMILES string of the molecule is c1ccc(-n2c3ccccc3c3ccc(-c4ccc5c6c7cccc8c7c(cc6n(-c6ccccc6)c5c4)-c4cc(-c5ccc(-n6c7ccccc7c7cc(-c9ccc%10c%11c%12cccc%13c%12c(cc%11n(-c%11ccccc%11)c%10c9)-c9ccccc9S%13)ccc76)cc5)ccc4S8)cc32)cc1. The molecule has 0 saturated carbocycles. The van der Waals surface area contributed by atoms with Crippen LogP contribution in [0.25, 0.3) is 187 Å². The topological polar surface area (TPSA) is 19.7 Å². The summed E-state index contributed by atoms with van der Waals surface area (Å²) < 4.78 is 9.85. The highest BCUT2D eigenvalue weighted by Gasteiger charge is 2.28. The Labute approximate surface area is 572 Å². The molecule has 454 valence electrons. The summed E-state index contributed by atoms with van der Waals surface area (Å²) in [7, 11) is 0. The summed E-state index contributed by atoms with van der Waals surface area (Å²) in [6.07, 6.45) is 0. The fraction of sp³-hybridized carbons (Fsp3) is 0. The summed E-state index contributed by atoms with van der Waals surface area (Å²) in [5.41, 5.74) is 26.4. The summed E-state index contributed by atoms with van der Waals surface area (Å²) in [4.78, 5) is 5.17. The second-order valence-corrected chi connectivity index (χ2v) is 28.4. The van der Waals surface area contributed by atoms with E-state index in [-0.39, 0.29) is 0 Å². The van der Waals surface area contributed by atoms with E-state index in [1.807, 2.05) is 23.5 Å². The maximum atomic E-state index is 2.51. The van der Waals surface area contributed by atoms with Crippen molar-refractivity contribution in [2.75, 3.05) is 0 Å². The molecule has 0 aliphatic carbocycles. The number of fused-ring (bicyclic) bond motifs is 18. The zero-order chi connectivity index (χ0) is 63.8. The Morgan fingerprint density at radius 3 is 1.11 bits per heavy atom. The summed E-state index contributed by atoms with van der Waals surface area (Å²) in [6, 6.07) is 123. The van der Waals surface area contributed by atoms with E-state index in [1.165, 1.54) is 184 Å². The van der Waals surface area contributed by atoms with Gasteiger partial charge in [0, 0.05) is 96.2 Å². The van der Waals surface area contributed by atoms with Gasteiger partial charge in [-0.05, 0) is 200 Å². The molecule has 16 aromatic carbocycles. The van der Waals surface area contributed by atoms with E-state index < -0.39 is 0 Å². The van der Waals surface area contributed by atoms with Crippen molar-refractivity contribution in [3.8, 4) is 78.4 Å². The van der Waals surface area contributed by atoms with Crippen molar-refractivity contribution in [2.45, 2.75) is 19.6 Å². The third-order valence-electron chi connectivity index (χ3n) is 21.1. The lowest BCUT2D eigenvalue weighted by Crippen LogP contribution is -1.97. The molecule has 98 heavy (non-hydrogen) atoms. The van der Waals surface area contributed by atoms with Crippen molar-refractivity contribution in [3.63, 3.8) is 0 Å². The molecule has 0 bridgehead atoms. The molecule has 0 atom stereocenters. The van der Waals surface area contributed by atoms with Gasteiger partial charge in [0.2, 0.25) is 0 Å². The molecule has 2 aliphatic rings. The predicted molar refractivity (Wildman–Crippen MR) is 414 cm³/mol. The largest absolute Gasteiger partial charge is 0.309 e. The van der Waals surface area contributed by atoms with Crippen molar-refractivity contribution >= 4 is 132 Å². The van der Waals surface area contributed by atoms with Crippen LogP contribution in [0.2, 0.25) is 0 Å². The van der Waals surface area contributed by atoms with E-state index in [2.05, 4.69) is 346 Å². The molecular formula is C92H54N4S2. The minimum Gasteiger partial charge on any atom is -0.309 e. The highest BCUT2D eigenvalue weighted by Crippen LogP contribution is 2.55. The molecule has 6 heterocycles. The highest BCUT2D eigenvalue weighted by molar-refractivity contribution is 8.00. The Morgan fingerprint density at radius 1 is 0.163 bits per heavy atom. The van der Waals surface area contributed by atoms with E-state index in [0.29, 0.717) is 0 Å². The van der Waals surface area contributed by atoms with Crippen molar-refractivity contribution in [1.29, 1.82) is 0 Å². The van der Waals surface area contributed by atoms with Gasteiger partial charge in [0.05, 0.1) is 44.1 Å². The maximum Gasteiger partial charge on any atom is 0.0553 e. The number of rotatable bonds is 7. The van der Waals surface area contributed by atoms with E-state index in [9.17, 15) is 0 Å². The monoisotopic (exact) mass is 1280 g/mol.